The molecule has 0 unspecified atom stereocenters. The van der Waals surface area contributed by atoms with Gasteiger partial charge in [0.05, 0.1) is 5.69 Å². The van der Waals surface area contributed by atoms with E-state index in [1.165, 1.54) is 6.07 Å². The van der Waals surface area contributed by atoms with Crippen LogP contribution in [0.25, 0.3) is 0 Å². The summed E-state index contributed by atoms with van der Waals surface area (Å²) >= 11 is 0. The summed E-state index contributed by atoms with van der Waals surface area (Å²) < 4.78 is 14.0. The molecule has 1 aliphatic heterocycles. The van der Waals surface area contributed by atoms with Crippen LogP contribution in [-0.2, 0) is 11.3 Å². The summed E-state index contributed by atoms with van der Waals surface area (Å²) in [7, 11) is 0. The number of hydrogen-bond acceptors (Lipinski definition) is 3. The molecule has 1 aliphatic rings. The number of hydrogen-bond donors (Lipinski definition) is 2. The summed E-state index contributed by atoms with van der Waals surface area (Å²) in [5.41, 5.74) is 12.3. The number of anilines is 1. The molecule has 0 bridgehead atoms. The molecule has 0 atom stereocenters. The van der Waals surface area contributed by atoms with Crippen molar-refractivity contribution in [3.8, 4) is 0 Å². The fraction of sp³-hybridized carbons (Fsp3) is 0.500. The molecular formula is C14H20FN3O. The molecule has 2 rings (SSSR count). The Morgan fingerprint density at radius 2 is 2.05 bits per heavy atom. The van der Waals surface area contributed by atoms with Gasteiger partial charge in [-0.1, -0.05) is 12.1 Å². The predicted molar refractivity (Wildman–Crippen MR) is 73.0 cm³/mol. The molecule has 4 nitrogen and oxygen atoms in total. The Morgan fingerprint density at radius 1 is 1.37 bits per heavy atom. The van der Waals surface area contributed by atoms with Crippen molar-refractivity contribution in [1.29, 1.82) is 0 Å². The van der Waals surface area contributed by atoms with Crippen molar-refractivity contribution in [3.05, 3.63) is 29.6 Å². The van der Waals surface area contributed by atoms with E-state index in [9.17, 15) is 9.18 Å². The number of piperidine rings is 1. The summed E-state index contributed by atoms with van der Waals surface area (Å²) in [6.07, 6.45) is 2.15. The molecule has 1 aromatic rings. The lowest BCUT2D eigenvalue weighted by molar-refractivity contribution is -0.119. The first kappa shape index (κ1) is 13.8. The third-order valence-electron chi connectivity index (χ3n) is 3.71. The molecule has 1 aromatic carbocycles. The molecule has 0 radical (unpaired) electrons. The lowest BCUT2D eigenvalue weighted by Crippen LogP contribution is -2.36. The van der Waals surface area contributed by atoms with E-state index in [0.717, 1.165) is 31.5 Å². The van der Waals surface area contributed by atoms with Crippen LogP contribution in [0.5, 0.6) is 0 Å². The van der Waals surface area contributed by atoms with Crippen LogP contribution >= 0.6 is 0 Å². The van der Waals surface area contributed by atoms with Gasteiger partial charge in [-0.05, 0) is 30.4 Å². The summed E-state index contributed by atoms with van der Waals surface area (Å²) in [5.74, 6) is -0.162. The van der Waals surface area contributed by atoms with E-state index in [2.05, 4.69) is 0 Å². The van der Waals surface area contributed by atoms with E-state index in [4.69, 9.17) is 11.5 Å². The third-order valence-corrected chi connectivity index (χ3v) is 3.71. The molecule has 0 aromatic heterocycles. The van der Waals surface area contributed by atoms with E-state index in [1.54, 1.807) is 6.07 Å². The average molecular weight is 265 g/mol. The zero-order valence-electron chi connectivity index (χ0n) is 10.9. The Bertz CT molecular complexity index is 456. The second-order valence-electron chi connectivity index (χ2n) is 5.05. The van der Waals surface area contributed by atoms with Gasteiger partial charge >= 0.3 is 0 Å². The topological polar surface area (TPSA) is 72.3 Å². The summed E-state index contributed by atoms with van der Waals surface area (Å²) in [5, 5.41) is 0. The molecule has 0 spiro atoms. The minimum absolute atomic E-state index is 0.226. The molecular weight excluding hydrogens is 245 g/mol. The van der Waals surface area contributed by atoms with Gasteiger partial charge in [-0.15, -0.1) is 0 Å². The fourth-order valence-electron chi connectivity index (χ4n) is 2.72. The number of amides is 1. The Labute approximate surface area is 112 Å². The van der Waals surface area contributed by atoms with Gasteiger partial charge in [-0.2, -0.15) is 0 Å². The lowest BCUT2D eigenvalue weighted by Gasteiger charge is -2.34. The van der Waals surface area contributed by atoms with Crippen molar-refractivity contribution in [2.75, 3.05) is 18.0 Å². The van der Waals surface area contributed by atoms with Gasteiger partial charge in [0.15, 0.2) is 0 Å². The van der Waals surface area contributed by atoms with Gasteiger partial charge < -0.3 is 16.4 Å². The minimum atomic E-state index is -0.257. The number of benzene rings is 1. The maximum Gasteiger partial charge on any atom is 0.217 e. The van der Waals surface area contributed by atoms with E-state index in [1.807, 2.05) is 11.0 Å². The maximum absolute atomic E-state index is 14.0. The smallest absolute Gasteiger partial charge is 0.217 e. The lowest BCUT2D eigenvalue weighted by atomic mass is 9.92. The number of para-hydroxylation sites is 1. The van der Waals surface area contributed by atoms with Crippen LogP contribution in [-0.4, -0.2) is 19.0 Å². The summed E-state index contributed by atoms with van der Waals surface area (Å²) in [6, 6.07) is 5.00. The number of primary amides is 1. The van der Waals surface area contributed by atoms with Crippen molar-refractivity contribution in [1.82, 2.24) is 0 Å². The molecule has 1 amide bonds. The predicted octanol–water partition coefficient (Wildman–Crippen LogP) is 1.38. The quantitative estimate of drug-likeness (QED) is 0.863. The molecule has 1 fully saturated rings. The third kappa shape index (κ3) is 3.23. The number of nitrogens with zero attached hydrogens (tertiary/aromatic N) is 1. The van der Waals surface area contributed by atoms with Crippen LogP contribution in [0.15, 0.2) is 18.2 Å². The second kappa shape index (κ2) is 6.02. The minimum Gasteiger partial charge on any atom is -0.370 e. The fourth-order valence-corrected chi connectivity index (χ4v) is 2.72. The van der Waals surface area contributed by atoms with Crippen LogP contribution in [0.4, 0.5) is 10.1 Å². The highest BCUT2D eigenvalue weighted by Crippen LogP contribution is 2.29. The van der Waals surface area contributed by atoms with E-state index < -0.39 is 0 Å². The highest BCUT2D eigenvalue weighted by Gasteiger charge is 2.23. The average Bonchev–Trinajstić information content (AvgIpc) is 2.39. The summed E-state index contributed by atoms with van der Waals surface area (Å²) in [6.45, 7) is 1.81. The largest absolute Gasteiger partial charge is 0.370 e. The number of halogens is 1. The molecule has 0 saturated carbocycles. The van der Waals surface area contributed by atoms with Gasteiger partial charge in [-0.25, -0.2) is 4.39 Å². The van der Waals surface area contributed by atoms with Crippen LogP contribution in [0, 0.1) is 11.7 Å². The first-order chi connectivity index (χ1) is 9.11. The molecule has 104 valence electrons. The Hall–Kier alpha value is -1.62. The molecule has 5 heteroatoms. The first-order valence-corrected chi connectivity index (χ1v) is 6.62. The molecule has 4 N–H and O–H groups in total. The maximum atomic E-state index is 14.0. The van der Waals surface area contributed by atoms with E-state index in [0.29, 0.717) is 24.6 Å². The van der Waals surface area contributed by atoms with Crippen molar-refractivity contribution in [2.24, 2.45) is 17.4 Å². The zero-order chi connectivity index (χ0) is 13.8. The molecule has 1 heterocycles. The zero-order valence-corrected chi connectivity index (χ0v) is 10.9. The van der Waals surface area contributed by atoms with Crippen molar-refractivity contribution >= 4 is 11.6 Å². The van der Waals surface area contributed by atoms with Gasteiger partial charge in [0, 0.05) is 26.1 Å². The number of rotatable bonds is 4. The van der Waals surface area contributed by atoms with E-state index in [-0.39, 0.29) is 11.7 Å². The standard InChI is InChI=1S/C14H20FN3O/c15-12-3-1-2-11(9-16)14(12)18-6-4-10(5-7-18)8-13(17)19/h1-3,10H,4-9,16H2,(H2,17,19). The first-order valence-electron chi connectivity index (χ1n) is 6.62. The Morgan fingerprint density at radius 3 is 2.63 bits per heavy atom. The van der Waals surface area contributed by atoms with Crippen molar-refractivity contribution in [2.45, 2.75) is 25.8 Å². The van der Waals surface area contributed by atoms with Crippen LogP contribution in [0.2, 0.25) is 0 Å². The molecule has 1 saturated heterocycles. The number of carbonyl (C=O) groups excluding carboxylic acids is 1. The molecule has 19 heavy (non-hydrogen) atoms. The SMILES string of the molecule is NCc1cccc(F)c1N1CCC(CC(N)=O)CC1. The van der Waals surface area contributed by atoms with Gasteiger partial charge in [0.1, 0.15) is 5.82 Å². The van der Waals surface area contributed by atoms with Gasteiger partial charge in [0.25, 0.3) is 0 Å². The molecule has 0 aliphatic carbocycles. The van der Waals surface area contributed by atoms with Crippen molar-refractivity contribution in [3.63, 3.8) is 0 Å². The number of nitrogens with two attached hydrogens (primary N) is 2. The second-order valence-corrected chi connectivity index (χ2v) is 5.05. The van der Waals surface area contributed by atoms with Crippen LogP contribution < -0.4 is 16.4 Å². The van der Waals surface area contributed by atoms with Crippen LogP contribution in [0.3, 0.4) is 0 Å². The van der Waals surface area contributed by atoms with Gasteiger partial charge in [-0.3, -0.25) is 4.79 Å². The highest BCUT2D eigenvalue weighted by atomic mass is 19.1. The van der Waals surface area contributed by atoms with Crippen LogP contribution in [0.1, 0.15) is 24.8 Å². The van der Waals surface area contributed by atoms with E-state index >= 15 is 0 Å². The van der Waals surface area contributed by atoms with Crippen molar-refractivity contribution < 1.29 is 9.18 Å². The number of carbonyl (C=O) groups is 1. The monoisotopic (exact) mass is 265 g/mol. The normalized spacial score (nSPS) is 16.6. The van der Waals surface area contributed by atoms with Gasteiger partial charge in [0.2, 0.25) is 5.91 Å². The highest BCUT2D eigenvalue weighted by molar-refractivity contribution is 5.74. The Kier molecular flexibility index (Phi) is 4.37. The summed E-state index contributed by atoms with van der Waals surface area (Å²) in [4.78, 5) is 12.9. The Balaban J connectivity index is 2.07.